The van der Waals surface area contributed by atoms with Gasteiger partial charge in [-0.25, -0.2) is 22.3 Å². The van der Waals surface area contributed by atoms with Gasteiger partial charge in [-0.2, -0.15) is 4.98 Å². The third-order valence-corrected chi connectivity index (χ3v) is 7.30. The molecule has 2 atom stereocenters. The summed E-state index contributed by atoms with van der Waals surface area (Å²) in [5.41, 5.74) is 1.39. The number of rotatable bonds is 3. The lowest BCUT2D eigenvalue weighted by atomic mass is 10.0. The summed E-state index contributed by atoms with van der Waals surface area (Å²) in [5.74, 6) is 0.601. The zero-order chi connectivity index (χ0) is 25.7. The Bertz CT molecular complexity index is 1360. The first kappa shape index (κ1) is 25.8. The van der Waals surface area contributed by atoms with Crippen molar-refractivity contribution in [3.05, 3.63) is 59.8 Å². The highest BCUT2D eigenvalue weighted by molar-refractivity contribution is 7.92. The van der Waals surface area contributed by atoms with Gasteiger partial charge in [-0.15, -0.1) is 0 Å². The number of hydrogen-bond donors (Lipinski definition) is 1. The van der Waals surface area contributed by atoms with Gasteiger partial charge in [0.15, 0.2) is 0 Å². The summed E-state index contributed by atoms with van der Waals surface area (Å²) in [6.45, 7) is 4.62. The summed E-state index contributed by atoms with van der Waals surface area (Å²) in [6.07, 6.45) is 4.87. The first-order valence-electron chi connectivity index (χ1n) is 11.9. The van der Waals surface area contributed by atoms with Gasteiger partial charge >= 0.3 is 0 Å². The number of nitrogens with one attached hydrogen (secondary N) is 1. The molecular weight excluding hydrogens is 486 g/mol. The summed E-state index contributed by atoms with van der Waals surface area (Å²) in [6, 6.07) is 9.08. The Hall–Kier alpha value is -3.27. The van der Waals surface area contributed by atoms with E-state index in [1.807, 2.05) is 13.8 Å². The lowest BCUT2D eigenvalue weighted by Crippen LogP contribution is -2.14. The maximum atomic E-state index is 14.8. The Balaban J connectivity index is 1.78. The van der Waals surface area contributed by atoms with E-state index in [9.17, 15) is 13.0 Å². The number of anilines is 2. The van der Waals surface area contributed by atoms with Crippen LogP contribution < -0.4 is 14.8 Å². The van der Waals surface area contributed by atoms with Crippen LogP contribution >= 0.6 is 0 Å². The molecule has 1 N–H and O–H groups in total. The number of ether oxygens (including phenoxy) is 2. The van der Waals surface area contributed by atoms with E-state index in [0.717, 1.165) is 24.6 Å². The van der Waals surface area contributed by atoms with Gasteiger partial charge in [-0.1, -0.05) is 0 Å². The number of fused-ring (bicyclic) bond motifs is 6. The molecule has 10 heteroatoms. The van der Waals surface area contributed by atoms with Crippen molar-refractivity contribution in [2.45, 2.75) is 45.0 Å². The highest BCUT2D eigenvalue weighted by Crippen LogP contribution is 2.34. The van der Waals surface area contributed by atoms with Crippen molar-refractivity contribution in [2.24, 2.45) is 4.36 Å². The molecule has 3 aromatic rings. The number of pyridine rings is 2. The fraction of sp³-hybridized carbons (Fsp3) is 0.385. The van der Waals surface area contributed by atoms with E-state index in [-0.39, 0.29) is 23.2 Å². The van der Waals surface area contributed by atoms with Crippen molar-refractivity contribution in [2.75, 3.05) is 24.7 Å². The smallest absolute Gasteiger partial charge is 0.215 e. The lowest BCUT2D eigenvalue weighted by molar-refractivity contribution is 0.194. The van der Waals surface area contributed by atoms with Crippen LogP contribution in [0.15, 0.2) is 47.0 Å². The van der Waals surface area contributed by atoms with E-state index < -0.39 is 21.4 Å². The van der Waals surface area contributed by atoms with Gasteiger partial charge in [-0.05, 0) is 62.9 Å². The molecule has 0 fully saturated rings. The van der Waals surface area contributed by atoms with Crippen LogP contribution in [0, 0.1) is 11.6 Å². The molecule has 7 nitrogen and oxygen atoms in total. The predicted octanol–water partition coefficient (Wildman–Crippen LogP) is 6.11. The fourth-order valence-corrected chi connectivity index (χ4v) is 5.48. The molecule has 0 radical (unpaired) electrons. The van der Waals surface area contributed by atoms with Crippen molar-refractivity contribution in [1.82, 2.24) is 9.97 Å². The molecule has 4 bridgehead atoms. The summed E-state index contributed by atoms with van der Waals surface area (Å²) in [5, 5.41) is 3.10. The Kier molecular flexibility index (Phi) is 8.03. The second-order valence-corrected chi connectivity index (χ2v) is 11.3. The molecule has 0 spiro atoms. The number of benzene rings is 1. The van der Waals surface area contributed by atoms with Crippen LogP contribution in [0.3, 0.4) is 0 Å². The molecule has 4 rings (SSSR count). The van der Waals surface area contributed by atoms with E-state index in [1.54, 1.807) is 18.4 Å². The summed E-state index contributed by atoms with van der Waals surface area (Å²) in [7, 11) is -2.43. The van der Waals surface area contributed by atoms with Crippen LogP contribution in [0.5, 0.6) is 11.6 Å². The van der Waals surface area contributed by atoms with E-state index in [2.05, 4.69) is 19.6 Å². The third kappa shape index (κ3) is 6.69. The topological polar surface area (TPSA) is 85.7 Å². The van der Waals surface area contributed by atoms with Gasteiger partial charge < -0.3 is 14.8 Å². The van der Waals surface area contributed by atoms with Crippen LogP contribution in [-0.2, 0) is 15.5 Å². The zero-order valence-electron chi connectivity index (χ0n) is 20.6. The van der Waals surface area contributed by atoms with Crippen LogP contribution in [0.25, 0.3) is 11.1 Å². The van der Waals surface area contributed by atoms with E-state index >= 15 is 0 Å². The fourth-order valence-electron chi connectivity index (χ4n) is 4.06. The molecule has 0 aliphatic carbocycles. The summed E-state index contributed by atoms with van der Waals surface area (Å²) >= 11 is 0. The Morgan fingerprint density at radius 2 is 1.97 bits per heavy atom. The van der Waals surface area contributed by atoms with Gasteiger partial charge in [0, 0.05) is 45.8 Å². The molecule has 0 amide bonds. The van der Waals surface area contributed by atoms with Gasteiger partial charge in [0.25, 0.3) is 0 Å². The third-order valence-electron chi connectivity index (χ3n) is 5.63. The molecule has 36 heavy (non-hydrogen) atoms. The van der Waals surface area contributed by atoms with E-state index in [0.29, 0.717) is 42.7 Å². The number of aromatic nitrogens is 2. The minimum Gasteiger partial charge on any atom is -0.493 e. The lowest BCUT2D eigenvalue weighted by Gasteiger charge is -2.18. The van der Waals surface area contributed by atoms with Gasteiger partial charge in [0.05, 0.1) is 24.7 Å². The molecule has 192 valence electrons. The number of halogens is 2. The first-order valence-corrected chi connectivity index (χ1v) is 14.0. The largest absolute Gasteiger partial charge is 0.493 e. The highest BCUT2D eigenvalue weighted by Gasteiger charge is 2.17. The molecule has 3 heterocycles. The minimum atomic E-state index is -2.43. The minimum absolute atomic E-state index is 0.125. The number of nitrogens with zero attached hydrogens (tertiary/aromatic N) is 3. The second-order valence-electron chi connectivity index (χ2n) is 8.84. The highest BCUT2D eigenvalue weighted by atomic mass is 32.2. The molecule has 0 unspecified atom stereocenters. The van der Waals surface area contributed by atoms with Crippen molar-refractivity contribution < 1.29 is 22.5 Å². The standard InChI is InChI=1S/C26H30F2N4O3S/c1-4-30-36(3,33)16-18-11-25-31-24-14-21(22(28)15-29-24)20-9-8-19(27)13-23(20)34-10-6-5-7-17(2)35-26(12-18)32-25/h8-9,11-15,17H,4-7,10,16H2,1-3H3,(H,29,31,32)/t17-,36-/m1/s1. The maximum Gasteiger partial charge on any atom is 0.215 e. The normalized spacial score (nSPS) is 17.5. The Morgan fingerprint density at radius 3 is 2.78 bits per heavy atom. The van der Waals surface area contributed by atoms with Crippen molar-refractivity contribution in [1.29, 1.82) is 0 Å². The molecule has 2 aromatic heterocycles. The quantitative estimate of drug-likeness (QED) is 0.452. The summed E-state index contributed by atoms with van der Waals surface area (Å²) < 4.78 is 57.8. The van der Waals surface area contributed by atoms with E-state index in [1.165, 1.54) is 24.3 Å². The van der Waals surface area contributed by atoms with Gasteiger partial charge in [0.1, 0.15) is 29.0 Å². The van der Waals surface area contributed by atoms with Crippen molar-refractivity contribution in [3.8, 4) is 22.8 Å². The number of hydrogen-bond acceptors (Lipinski definition) is 7. The van der Waals surface area contributed by atoms with E-state index in [4.69, 9.17) is 9.47 Å². The second kappa shape index (κ2) is 11.2. The Morgan fingerprint density at radius 1 is 1.14 bits per heavy atom. The van der Waals surface area contributed by atoms with Crippen LogP contribution in [0.2, 0.25) is 0 Å². The zero-order valence-corrected chi connectivity index (χ0v) is 21.4. The van der Waals surface area contributed by atoms with Gasteiger partial charge in [0.2, 0.25) is 5.88 Å². The SMILES string of the molecule is CCN=[S@](C)(=O)Cc1cc2nc(c1)O[C@H](C)CCCCOc1cc(F)ccc1-c1cc(ncc1F)N2. The molecular formula is C26H30F2N4O3S. The Labute approximate surface area is 210 Å². The van der Waals surface area contributed by atoms with Crippen LogP contribution in [0.1, 0.15) is 38.7 Å². The average molecular weight is 517 g/mol. The maximum absolute atomic E-state index is 14.8. The molecule has 0 saturated carbocycles. The molecule has 1 aliphatic rings. The summed E-state index contributed by atoms with van der Waals surface area (Å²) in [4.78, 5) is 8.70. The van der Waals surface area contributed by atoms with Crippen LogP contribution in [0.4, 0.5) is 20.4 Å². The average Bonchev–Trinajstić information content (AvgIpc) is 2.79. The van der Waals surface area contributed by atoms with Crippen LogP contribution in [-0.4, -0.2) is 39.7 Å². The molecule has 1 aromatic carbocycles. The van der Waals surface area contributed by atoms with Gasteiger partial charge in [-0.3, -0.25) is 0 Å². The molecule has 0 saturated heterocycles. The predicted molar refractivity (Wildman–Crippen MR) is 137 cm³/mol. The first-order chi connectivity index (χ1) is 17.2. The monoisotopic (exact) mass is 516 g/mol. The molecule has 1 aliphatic heterocycles. The van der Waals surface area contributed by atoms with Crippen molar-refractivity contribution >= 4 is 21.4 Å². The van der Waals surface area contributed by atoms with Crippen molar-refractivity contribution in [3.63, 3.8) is 0 Å².